The molecule has 0 spiro atoms. The summed E-state index contributed by atoms with van der Waals surface area (Å²) in [4.78, 5) is 16.9. The number of phosphoric acid groups is 1. The highest BCUT2D eigenvalue weighted by Crippen LogP contribution is 2.36. The fourth-order valence-corrected chi connectivity index (χ4v) is 1.52. The van der Waals surface area contributed by atoms with Crippen molar-refractivity contribution in [1.82, 2.24) is 0 Å². The SMILES string of the molecule is CC(C)=CCC[C@H](C)CCOP(=O)(O)O. The van der Waals surface area contributed by atoms with Crippen LogP contribution < -0.4 is 0 Å². The lowest BCUT2D eigenvalue weighted by Gasteiger charge is -2.10. The molecule has 90 valence electrons. The first-order valence-electron chi connectivity index (χ1n) is 5.14. The van der Waals surface area contributed by atoms with Crippen molar-refractivity contribution in [3.05, 3.63) is 11.6 Å². The molecule has 1 atom stereocenters. The second kappa shape index (κ2) is 7.18. The minimum Gasteiger partial charge on any atom is -0.303 e. The van der Waals surface area contributed by atoms with E-state index in [0.29, 0.717) is 12.3 Å². The summed E-state index contributed by atoms with van der Waals surface area (Å²) in [6, 6.07) is 0. The number of rotatable bonds is 7. The zero-order valence-electron chi connectivity index (χ0n) is 9.64. The summed E-state index contributed by atoms with van der Waals surface area (Å²) in [6.45, 7) is 6.30. The van der Waals surface area contributed by atoms with Gasteiger partial charge in [0, 0.05) is 0 Å². The highest BCUT2D eigenvalue weighted by molar-refractivity contribution is 7.46. The van der Waals surface area contributed by atoms with Crippen molar-refractivity contribution in [2.24, 2.45) is 5.92 Å². The summed E-state index contributed by atoms with van der Waals surface area (Å²) in [6.07, 6.45) is 4.89. The van der Waals surface area contributed by atoms with Gasteiger partial charge in [-0.1, -0.05) is 18.6 Å². The summed E-state index contributed by atoms with van der Waals surface area (Å²) in [7, 11) is -4.28. The third-order valence-corrected chi connectivity index (χ3v) is 2.60. The van der Waals surface area contributed by atoms with E-state index < -0.39 is 7.82 Å². The van der Waals surface area contributed by atoms with E-state index in [9.17, 15) is 4.57 Å². The minimum atomic E-state index is -4.28. The van der Waals surface area contributed by atoms with E-state index in [1.54, 1.807) is 0 Å². The third-order valence-electron chi connectivity index (χ3n) is 2.08. The molecule has 4 nitrogen and oxygen atoms in total. The lowest BCUT2D eigenvalue weighted by molar-refractivity contribution is 0.185. The molecule has 15 heavy (non-hydrogen) atoms. The molecule has 0 unspecified atom stereocenters. The Morgan fingerprint density at radius 2 is 2.00 bits per heavy atom. The fraction of sp³-hybridized carbons (Fsp3) is 0.800. The number of hydrogen-bond donors (Lipinski definition) is 2. The van der Waals surface area contributed by atoms with Gasteiger partial charge < -0.3 is 9.79 Å². The maximum Gasteiger partial charge on any atom is 0.469 e. The predicted molar refractivity (Wildman–Crippen MR) is 60.4 cm³/mol. The van der Waals surface area contributed by atoms with Crippen LogP contribution in [0.1, 0.15) is 40.0 Å². The van der Waals surface area contributed by atoms with Gasteiger partial charge in [0.25, 0.3) is 0 Å². The van der Waals surface area contributed by atoms with Gasteiger partial charge >= 0.3 is 7.82 Å². The van der Waals surface area contributed by atoms with Crippen LogP contribution in [0.5, 0.6) is 0 Å². The van der Waals surface area contributed by atoms with Gasteiger partial charge in [-0.3, -0.25) is 4.52 Å². The van der Waals surface area contributed by atoms with Gasteiger partial charge in [-0.2, -0.15) is 0 Å². The van der Waals surface area contributed by atoms with Gasteiger partial charge in [0.05, 0.1) is 6.61 Å². The molecule has 0 heterocycles. The second-order valence-corrected chi connectivity index (χ2v) is 5.32. The van der Waals surface area contributed by atoms with Gasteiger partial charge in [0.2, 0.25) is 0 Å². The molecule has 0 aromatic heterocycles. The second-order valence-electron chi connectivity index (χ2n) is 4.08. The highest BCUT2D eigenvalue weighted by Gasteiger charge is 2.13. The quantitative estimate of drug-likeness (QED) is 0.527. The fourth-order valence-electron chi connectivity index (χ4n) is 1.17. The maximum atomic E-state index is 10.4. The molecular formula is C10H21O4P. The zero-order valence-corrected chi connectivity index (χ0v) is 10.5. The van der Waals surface area contributed by atoms with Crippen LogP contribution in [-0.4, -0.2) is 16.4 Å². The molecule has 5 heteroatoms. The molecule has 0 saturated heterocycles. The van der Waals surface area contributed by atoms with Crippen molar-refractivity contribution in [2.75, 3.05) is 6.61 Å². The van der Waals surface area contributed by atoms with E-state index in [2.05, 4.69) is 31.4 Å². The Morgan fingerprint density at radius 3 is 2.47 bits per heavy atom. The molecule has 0 aliphatic carbocycles. The van der Waals surface area contributed by atoms with E-state index in [-0.39, 0.29) is 6.61 Å². The first-order valence-corrected chi connectivity index (χ1v) is 6.67. The van der Waals surface area contributed by atoms with Crippen LogP contribution >= 0.6 is 7.82 Å². The maximum absolute atomic E-state index is 10.4. The molecule has 0 aromatic rings. The topological polar surface area (TPSA) is 66.8 Å². The van der Waals surface area contributed by atoms with Gasteiger partial charge in [0.15, 0.2) is 0 Å². The normalized spacial score (nSPS) is 13.7. The Kier molecular flexibility index (Phi) is 7.11. The molecule has 2 N–H and O–H groups in total. The van der Waals surface area contributed by atoms with Gasteiger partial charge in [0.1, 0.15) is 0 Å². The number of allylic oxidation sites excluding steroid dienone is 2. The van der Waals surface area contributed by atoms with Crippen molar-refractivity contribution >= 4 is 7.82 Å². The molecule has 0 radical (unpaired) electrons. The van der Waals surface area contributed by atoms with Crippen LogP contribution in [-0.2, 0) is 9.09 Å². The standard InChI is InChI=1S/C10H21O4P/c1-9(2)5-4-6-10(3)7-8-14-15(11,12)13/h5,10H,4,6-8H2,1-3H3,(H2,11,12,13)/t10-/m0/s1. The van der Waals surface area contributed by atoms with Crippen molar-refractivity contribution in [3.63, 3.8) is 0 Å². The summed E-state index contributed by atoms with van der Waals surface area (Å²) < 4.78 is 14.8. The van der Waals surface area contributed by atoms with Crippen LogP contribution in [0.3, 0.4) is 0 Å². The van der Waals surface area contributed by atoms with Crippen LogP contribution in [0.25, 0.3) is 0 Å². The van der Waals surface area contributed by atoms with E-state index in [0.717, 1.165) is 12.8 Å². The van der Waals surface area contributed by atoms with Gasteiger partial charge in [-0.25, -0.2) is 4.57 Å². The average molecular weight is 236 g/mol. The number of phosphoric ester groups is 1. The molecule has 0 aliphatic heterocycles. The molecule has 0 saturated carbocycles. The smallest absolute Gasteiger partial charge is 0.303 e. The van der Waals surface area contributed by atoms with Crippen molar-refractivity contribution in [1.29, 1.82) is 0 Å². The van der Waals surface area contributed by atoms with E-state index >= 15 is 0 Å². The van der Waals surface area contributed by atoms with Crippen LogP contribution in [0.4, 0.5) is 0 Å². The lowest BCUT2D eigenvalue weighted by atomic mass is 10.0. The van der Waals surface area contributed by atoms with Crippen molar-refractivity contribution in [2.45, 2.75) is 40.0 Å². The average Bonchev–Trinajstić information content (AvgIpc) is 2.00. The van der Waals surface area contributed by atoms with Crippen molar-refractivity contribution in [3.8, 4) is 0 Å². The summed E-state index contributed by atoms with van der Waals surface area (Å²) in [5.41, 5.74) is 1.30. The molecule has 0 rings (SSSR count). The van der Waals surface area contributed by atoms with E-state index in [1.807, 2.05) is 0 Å². The van der Waals surface area contributed by atoms with Crippen molar-refractivity contribution < 1.29 is 18.9 Å². The van der Waals surface area contributed by atoms with Crippen LogP contribution in [0, 0.1) is 5.92 Å². The Morgan fingerprint density at radius 1 is 1.40 bits per heavy atom. The lowest BCUT2D eigenvalue weighted by Crippen LogP contribution is -2.00. The highest BCUT2D eigenvalue weighted by atomic mass is 31.2. The largest absolute Gasteiger partial charge is 0.469 e. The Hall–Kier alpha value is -0.150. The van der Waals surface area contributed by atoms with Crippen LogP contribution in [0.15, 0.2) is 11.6 Å². The summed E-state index contributed by atoms with van der Waals surface area (Å²) >= 11 is 0. The van der Waals surface area contributed by atoms with E-state index in [4.69, 9.17) is 9.79 Å². The molecule has 0 amide bonds. The molecule has 0 aliphatic rings. The first-order chi connectivity index (χ1) is 6.81. The van der Waals surface area contributed by atoms with E-state index in [1.165, 1.54) is 5.57 Å². The summed E-state index contributed by atoms with van der Waals surface area (Å²) in [5.74, 6) is 0.423. The number of hydrogen-bond acceptors (Lipinski definition) is 2. The first kappa shape index (κ1) is 14.8. The van der Waals surface area contributed by atoms with Crippen LogP contribution in [0.2, 0.25) is 0 Å². The Bertz CT molecular complexity index is 240. The Labute approximate surface area is 91.6 Å². The molecule has 0 aromatic carbocycles. The third kappa shape index (κ3) is 11.8. The zero-order chi connectivity index (χ0) is 11.9. The minimum absolute atomic E-state index is 0.125. The summed E-state index contributed by atoms with van der Waals surface area (Å²) in [5, 5.41) is 0. The predicted octanol–water partition coefficient (Wildman–Crippen LogP) is 2.87. The monoisotopic (exact) mass is 236 g/mol. The Balaban J connectivity index is 3.54. The molecule has 0 bridgehead atoms. The molecular weight excluding hydrogens is 215 g/mol. The van der Waals surface area contributed by atoms with Gasteiger partial charge in [-0.05, 0) is 39.0 Å². The molecule has 0 fully saturated rings. The van der Waals surface area contributed by atoms with Gasteiger partial charge in [-0.15, -0.1) is 0 Å².